The summed E-state index contributed by atoms with van der Waals surface area (Å²) in [5.41, 5.74) is 2.15. The molecule has 28 heavy (non-hydrogen) atoms. The van der Waals surface area contributed by atoms with Gasteiger partial charge in [0.15, 0.2) is 0 Å². The first-order chi connectivity index (χ1) is 13.7. The Kier molecular flexibility index (Phi) is 5.32. The monoisotopic (exact) mass is 382 g/mol. The number of carbonyl (C=O) groups is 1. The van der Waals surface area contributed by atoms with Crippen molar-refractivity contribution in [2.75, 3.05) is 11.9 Å². The van der Waals surface area contributed by atoms with Gasteiger partial charge < -0.3 is 14.8 Å². The number of carbonyl (C=O) groups excluding carboxylic acids is 1. The molecule has 2 aliphatic rings. The van der Waals surface area contributed by atoms with Crippen LogP contribution in [0.1, 0.15) is 57.6 Å². The summed E-state index contributed by atoms with van der Waals surface area (Å²) in [6.45, 7) is 4.36. The van der Waals surface area contributed by atoms with Crippen LogP contribution in [0.15, 0.2) is 41.9 Å². The molecule has 1 N–H and O–H groups in total. The Labute approximate surface area is 164 Å². The lowest BCUT2D eigenvalue weighted by molar-refractivity contribution is -0.146. The predicted octanol–water partition coefficient (Wildman–Crippen LogP) is 3.84. The van der Waals surface area contributed by atoms with Gasteiger partial charge in [0, 0.05) is 11.3 Å². The zero-order chi connectivity index (χ0) is 19.5. The fraction of sp³-hybridized carbons (Fsp3) is 0.476. The zero-order valence-corrected chi connectivity index (χ0v) is 16.4. The van der Waals surface area contributed by atoms with Gasteiger partial charge in [0.25, 0.3) is 0 Å². The van der Waals surface area contributed by atoms with Crippen LogP contribution in [0.4, 0.5) is 5.95 Å². The number of para-hydroxylation sites is 1. The van der Waals surface area contributed by atoms with Gasteiger partial charge in [0.2, 0.25) is 5.95 Å². The Bertz CT molecular complexity index is 883. The highest BCUT2D eigenvalue weighted by atomic mass is 16.5. The summed E-state index contributed by atoms with van der Waals surface area (Å²) in [6, 6.07) is 7.30. The van der Waals surface area contributed by atoms with E-state index in [2.05, 4.69) is 15.4 Å². The number of allylic oxidation sites excluding steroid dienone is 1. The third-order valence-corrected chi connectivity index (χ3v) is 5.35. The Morgan fingerprint density at radius 3 is 2.82 bits per heavy atom. The van der Waals surface area contributed by atoms with E-state index in [1.165, 1.54) is 12.7 Å². The number of anilines is 1. The number of fused-ring (bicyclic) bond motifs is 1. The molecule has 2 heterocycles. The van der Waals surface area contributed by atoms with E-state index in [4.69, 9.17) is 9.47 Å². The highest BCUT2D eigenvalue weighted by Crippen LogP contribution is 2.39. The van der Waals surface area contributed by atoms with E-state index in [0.717, 1.165) is 42.7 Å². The average molecular weight is 382 g/mol. The van der Waals surface area contributed by atoms with Crippen LogP contribution in [0.3, 0.4) is 0 Å². The van der Waals surface area contributed by atoms with Crippen molar-refractivity contribution in [1.82, 2.24) is 14.8 Å². The Morgan fingerprint density at radius 2 is 2.04 bits per heavy atom. The average Bonchev–Trinajstić information content (AvgIpc) is 3.16. The third kappa shape index (κ3) is 3.48. The number of nitrogens with one attached hydrogen (secondary N) is 1. The fourth-order valence-electron chi connectivity index (χ4n) is 4.03. The molecular formula is C21H26N4O3. The van der Waals surface area contributed by atoms with Crippen molar-refractivity contribution >= 4 is 11.9 Å². The highest BCUT2D eigenvalue weighted by Gasteiger charge is 2.36. The zero-order valence-electron chi connectivity index (χ0n) is 16.4. The summed E-state index contributed by atoms with van der Waals surface area (Å²) in [5.74, 6) is 1.03. The minimum absolute atomic E-state index is 0.0125. The summed E-state index contributed by atoms with van der Waals surface area (Å²) >= 11 is 0. The van der Waals surface area contributed by atoms with Gasteiger partial charge in [-0.1, -0.05) is 24.6 Å². The van der Waals surface area contributed by atoms with Gasteiger partial charge in [-0.2, -0.15) is 10.1 Å². The topological polar surface area (TPSA) is 78.3 Å². The standard InChI is InChI=1S/C21H26N4O3/c1-3-27-17-12-8-7-11-16(17)19-18(14(2)24-21-22-13-23-25(19)21)20(26)28-15-9-5-4-6-10-15/h7-8,11-13,15,19H,3-6,9-10H2,1-2H3,(H,22,23,24)/t19-/m0/s1. The van der Waals surface area contributed by atoms with E-state index in [0.29, 0.717) is 18.1 Å². The molecule has 0 spiro atoms. The van der Waals surface area contributed by atoms with Gasteiger partial charge in [0.1, 0.15) is 24.2 Å². The minimum atomic E-state index is -0.447. The molecule has 1 aromatic heterocycles. The molecule has 148 valence electrons. The molecule has 2 aromatic rings. The SMILES string of the molecule is CCOc1ccccc1[C@H]1C(C(=O)OC2CCCCC2)=C(C)Nc2ncnn21. The van der Waals surface area contributed by atoms with Gasteiger partial charge in [-0.05, 0) is 45.6 Å². The number of esters is 1. The summed E-state index contributed by atoms with van der Waals surface area (Å²) < 4.78 is 13.5. The number of benzene rings is 1. The molecular weight excluding hydrogens is 356 g/mol. The molecule has 1 aliphatic heterocycles. The lowest BCUT2D eigenvalue weighted by atomic mass is 9.94. The van der Waals surface area contributed by atoms with E-state index in [1.54, 1.807) is 4.68 Å². The maximum Gasteiger partial charge on any atom is 0.338 e. The van der Waals surface area contributed by atoms with Crippen molar-refractivity contribution < 1.29 is 14.3 Å². The molecule has 7 nitrogen and oxygen atoms in total. The third-order valence-electron chi connectivity index (χ3n) is 5.35. The van der Waals surface area contributed by atoms with Crippen LogP contribution < -0.4 is 10.1 Å². The van der Waals surface area contributed by atoms with Crippen molar-refractivity contribution in [3.63, 3.8) is 0 Å². The van der Waals surface area contributed by atoms with Crippen LogP contribution in [0.2, 0.25) is 0 Å². The van der Waals surface area contributed by atoms with Crippen molar-refractivity contribution in [1.29, 1.82) is 0 Å². The Hall–Kier alpha value is -2.83. The smallest absolute Gasteiger partial charge is 0.338 e. The predicted molar refractivity (Wildman–Crippen MR) is 105 cm³/mol. The molecule has 1 fully saturated rings. The minimum Gasteiger partial charge on any atom is -0.494 e. The van der Waals surface area contributed by atoms with Crippen LogP contribution in [-0.4, -0.2) is 33.4 Å². The van der Waals surface area contributed by atoms with E-state index in [1.807, 2.05) is 38.1 Å². The second kappa shape index (κ2) is 8.04. The lowest BCUT2D eigenvalue weighted by Gasteiger charge is -2.30. The second-order valence-corrected chi connectivity index (χ2v) is 7.23. The quantitative estimate of drug-likeness (QED) is 0.792. The normalized spacial score (nSPS) is 19.7. The van der Waals surface area contributed by atoms with Crippen molar-refractivity contribution in [3.8, 4) is 5.75 Å². The molecule has 1 aromatic carbocycles. The number of aromatic nitrogens is 3. The Morgan fingerprint density at radius 1 is 1.25 bits per heavy atom. The number of nitrogens with zero attached hydrogens (tertiary/aromatic N) is 3. The molecule has 0 unspecified atom stereocenters. The van der Waals surface area contributed by atoms with E-state index < -0.39 is 6.04 Å². The maximum absolute atomic E-state index is 13.2. The summed E-state index contributed by atoms with van der Waals surface area (Å²) in [6.07, 6.45) is 6.77. The van der Waals surface area contributed by atoms with E-state index in [9.17, 15) is 4.79 Å². The molecule has 0 bridgehead atoms. The summed E-state index contributed by atoms with van der Waals surface area (Å²) in [4.78, 5) is 17.5. The molecule has 1 atom stereocenters. The van der Waals surface area contributed by atoms with Gasteiger partial charge in [-0.25, -0.2) is 9.48 Å². The summed E-state index contributed by atoms with van der Waals surface area (Å²) in [7, 11) is 0. The molecule has 0 radical (unpaired) electrons. The lowest BCUT2D eigenvalue weighted by Crippen LogP contribution is -2.32. The first kappa shape index (κ1) is 18.5. The van der Waals surface area contributed by atoms with Crippen LogP contribution in [0.25, 0.3) is 0 Å². The molecule has 4 rings (SSSR count). The van der Waals surface area contributed by atoms with Gasteiger partial charge in [-0.3, -0.25) is 0 Å². The van der Waals surface area contributed by atoms with Crippen LogP contribution in [-0.2, 0) is 9.53 Å². The maximum atomic E-state index is 13.2. The molecule has 0 saturated heterocycles. The van der Waals surface area contributed by atoms with Crippen LogP contribution >= 0.6 is 0 Å². The van der Waals surface area contributed by atoms with E-state index >= 15 is 0 Å². The number of rotatable bonds is 5. The molecule has 0 amide bonds. The summed E-state index contributed by atoms with van der Waals surface area (Å²) in [5, 5.41) is 7.56. The van der Waals surface area contributed by atoms with Gasteiger partial charge in [0.05, 0.1) is 12.2 Å². The van der Waals surface area contributed by atoms with Crippen molar-refractivity contribution in [2.24, 2.45) is 0 Å². The Balaban J connectivity index is 1.73. The molecule has 1 aliphatic carbocycles. The van der Waals surface area contributed by atoms with Crippen molar-refractivity contribution in [2.45, 2.75) is 58.1 Å². The van der Waals surface area contributed by atoms with E-state index in [-0.39, 0.29) is 12.1 Å². The highest BCUT2D eigenvalue weighted by molar-refractivity contribution is 5.92. The molecule has 7 heteroatoms. The molecule has 1 saturated carbocycles. The fourth-order valence-corrected chi connectivity index (χ4v) is 4.03. The number of hydrogen-bond donors (Lipinski definition) is 1. The van der Waals surface area contributed by atoms with Crippen molar-refractivity contribution in [3.05, 3.63) is 47.4 Å². The number of hydrogen-bond acceptors (Lipinski definition) is 6. The van der Waals surface area contributed by atoms with Gasteiger partial charge >= 0.3 is 5.97 Å². The number of ether oxygens (including phenoxy) is 2. The first-order valence-corrected chi connectivity index (χ1v) is 9.99. The van der Waals surface area contributed by atoms with Crippen LogP contribution in [0, 0.1) is 0 Å². The second-order valence-electron chi connectivity index (χ2n) is 7.23. The first-order valence-electron chi connectivity index (χ1n) is 9.99. The van der Waals surface area contributed by atoms with Gasteiger partial charge in [-0.15, -0.1) is 0 Å². The van der Waals surface area contributed by atoms with Crippen LogP contribution in [0.5, 0.6) is 5.75 Å². The largest absolute Gasteiger partial charge is 0.494 e.